The van der Waals surface area contributed by atoms with Crippen LogP contribution < -0.4 is 10.6 Å². The third kappa shape index (κ3) is 4.56. The fourth-order valence-electron chi connectivity index (χ4n) is 3.39. The highest BCUT2D eigenvalue weighted by atomic mass is 32.1. The predicted octanol–water partition coefficient (Wildman–Crippen LogP) is 3.61. The van der Waals surface area contributed by atoms with Crippen molar-refractivity contribution in [2.75, 3.05) is 5.32 Å². The fraction of sp³-hybridized carbons (Fsp3) is 0.273. The summed E-state index contributed by atoms with van der Waals surface area (Å²) in [5, 5.41) is 6.21. The Morgan fingerprint density at radius 2 is 1.87 bits per heavy atom. The molecule has 9 heteroatoms. The molecule has 1 aromatic carbocycles. The van der Waals surface area contributed by atoms with Gasteiger partial charge in [-0.15, -0.1) is 11.3 Å². The molecule has 0 aliphatic heterocycles. The lowest BCUT2D eigenvalue weighted by Crippen LogP contribution is -2.32. The zero-order valence-electron chi connectivity index (χ0n) is 17.9. The Balaban J connectivity index is 1.81. The van der Waals surface area contributed by atoms with E-state index in [-0.39, 0.29) is 18.1 Å². The molecule has 3 aromatic rings. The number of thiazole rings is 1. The van der Waals surface area contributed by atoms with E-state index >= 15 is 0 Å². The van der Waals surface area contributed by atoms with Crippen molar-refractivity contribution in [2.45, 2.75) is 34.2 Å². The fourth-order valence-corrected chi connectivity index (χ4v) is 4.13. The molecule has 3 rings (SSSR count). The summed E-state index contributed by atoms with van der Waals surface area (Å²) in [6.07, 6.45) is 1.66. The van der Waals surface area contributed by atoms with Crippen LogP contribution in [0, 0.1) is 33.5 Å². The number of hydrogen-bond donors (Lipinski definition) is 2. The third-order valence-electron chi connectivity index (χ3n) is 5.09. The summed E-state index contributed by atoms with van der Waals surface area (Å²) in [5.41, 5.74) is 2.25. The van der Waals surface area contributed by atoms with Gasteiger partial charge in [-0.2, -0.15) is 0 Å². The van der Waals surface area contributed by atoms with Gasteiger partial charge in [-0.1, -0.05) is 0 Å². The lowest BCUT2D eigenvalue weighted by molar-refractivity contribution is -0.117. The summed E-state index contributed by atoms with van der Waals surface area (Å²) in [4.78, 5) is 43.1. The number of nitrogens with zero attached hydrogens (tertiary/aromatic N) is 2. The van der Waals surface area contributed by atoms with Gasteiger partial charge in [0.05, 0.1) is 22.8 Å². The zero-order chi connectivity index (χ0) is 22.9. The number of amides is 2. The number of anilines is 1. The van der Waals surface area contributed by atoms with E-state index in [9.17, 15) is 18.8 Å². The van der Waals surface area contributed by atoms with E-state index < -0.39 is 17.6 Å². The van der Waals surface area contributed by atoms with Crippen LogP contribution in [0.15, 0.2) is 24.4 Å². The van der Waals surface area contributed by atoms with E-state index in [0.717, 1.165) is 9.88 Å². The second-order valence-electron chi connectivity index (χ2n) is 7.27. The average molecular weight is 443 g/mol. The van der Waals surface area contributed by atoms with Gasteiger partial charge in [-0.05, 0) is 57.0 Å². The average Bonchev–Trinajstić information content (AvgIpc) is 3.22. The van der Waals surface area contributed by atoms with E-state index in [1.165, 1.54) is 29.5 Å². The highest BCUT2D eigenvalue weighted by Crippen LogP contribution is 2.24. The number of rotatable bonds is 6. The maximum absolute atomic E-state index is 13.5. The van der Waals surface area contributed by atoms with Gasteiger partial charge in [0.25, 0.3) is 17.6 Å². The molecule has 7 nitrogen and oxygen atoms in total. The molecule has 0 unspecified atom stereocenters. The van der Waals surface area contributed by atoms with Crippen molar-refractivity contribution in [1.29, 1.82) is 0 Å². The molecule has 0 radical (unpaired) electrons. The topological polar surface area (TPSA) is 93.1 Å². The molecule has 2 heterocycles. The van der Waals surface area contributed by atoms with Crippen LogP contribution >= 0.6 is 11.3 Å². The van der Waals surface area contributed by atoms with Gasteiger partial charge in [0.1, 0.15) is 5.82 Å². The Bertz CT molecular complexity index is 1200. The van der Waals surface area contributed by atoms with Crippen molar-refractivity contribution in [3.05, 3.63) is 68.2 Å². The summed E-state index contributed by atoms with van der Waals surface area (Å²) in [6, 6.07) is 4.27. The van der Waals surface area contributed by atoms with Gasteiger partial charge in [0.15, 0.2) is 0 Å². The van der Waals surface area contributed by atoms with Gasteiger partial charge in [0, 0.05) is 29.5 Å². The van der Waals surface area contributed by atoms with Crippen LogP contribution in [-0.4, -0.2) is 27.1 Å². The minimum absolute atomic E-state index is 0.149. The van der Waals surface area contributed by atoms with E-state index in [4.69, 9.17) is 0 Å². The molecule has 2 aromatic heterocycles. The smallest absolute Gasteiger partial charge is 0.294 e. The molecule has 0 spiro atoms. The molecule has 2 amide bonds. The molecular weight excluding hydrogens is 419 g/mol. The van der Waals surface area contributed by atoms with Gasteiger partial charge < -0.3 is 15.2 Å². The van der Waals surface area contributed by atoms with Crippen molar-refractivity contribution >= 4 is 34.6 Å². The van der Waals surface area contributed by atoms with Crippen LogP contribution in [0.3, 0.4) is 0 Å². The van der Waals surface area contributed by atoms with Gasteiger partial charge in [0.2, 0.25) is 0 Å². The van der Waals surface area contributed by atoms with E-state index in [1.54, 1.807) is 38.6 Å². The van der Waals surface area contributed by atoms with Crippen LogP contribution in [0.5, 0.6) is 0 Å². The number of benzene rings is 1. The van der Waals surface area contributed by atoms with Crippen LogP contribution in [0.1, 0.15) is 47.6 Å². The van der Waals surface area contributed by atoms with Gasteiger partial charge >= 0.3 is 0 Å². The molecule has 0 saturated carbocycles. The van der Waals surface area contributed by atoms with E-state index in [1.807, 2.05) is 6.92 Å². The maximum Gasteiger partial charge on any atom is 0.294 e. The quantitative estimate of drug-likeness (QED) is 0.451. The molecule has 0 fully saturated rings. The molecule has 0 atom stereocenters. The number of carbonyl (C=O) groups excluding carboxylic acids is 3. The Morgan fingerprint density at radius 3 is 2.48 bits per heavy atom. The first kappa shape index (κ1) is 22.4. The molecule has 0 bridgehead atoms. The van der Waals surface area contributed by atoms with Crippen LogP contribution in [-0.2, 0) is 18.4 Å². The molecule has 31 heavy (non-hydrogen) atoms. The number of aromatic nitrogens is 2. The number of ketones is 1. The lowest BCUT2D eigenvalue weighted by atomic mass is 10.1. The molecular formula is C22H23FN4O3S. The van der Waals surface area contributed by atoms with E-state index in [2.05, 4.69) is 15.6 Å². The standard InChI is InChI=1S/C22H23FN4O3S/c1-11-8-15(6-7-17(11)23)26-21(29)18-12(2)19(27(5)13(18)3)20(28)22(30)25-10-16-9-24-14(4)31-16/h6-9H,10H2,1-5H3,(H,25,30)(H,26,29). The molecule has 162 valence electrons. The zero-order valence-corrected chi connectivity index (χ0v) is 18.7. The number of nitrogens with one attached hydrogen (secondary N) is 2. The minimum atomic E-state index is -0.754. The first-order valence-corrected chi connectivity index (χ1v) is 10.4. The SMILES string of the molecule is Cc1ncc(CNC(=O)C(=O)c2c(C)c(C(=O)Nc3ccc(F)c(C)c3)c(C)n2C)s1. The summed E-state index contributed by atoms with van der Waals surface area (Å²) in [7, 11) is 1.63. The highest BCUT2D eigenvalue weighted by molar-refractivity contribution is 7.11. The third-order valence-corrected chi connectivity index (χ3v) is 6.00. The number of carbonyl (C=O) groups is 3. The summed E-state index contributed by atoms with van der Waals surface area (Å²) >= 11 is 1.44. The predicted molar refractivity (Wildman–Crippen MR) is 117 cm³/mol. The summed E-state index contributed by atoms with van der Waals surface area (Å²) in [5.74, 6) is -2.27. The summed E-state index contributed by atoms with van der Waals surface area (Å²) < 4.78 is 15.0. The second kappa shape index (κ2) is 8.81. The van der Waals surface area contributed by atoms with Crippen molar-refractivity contribution in [3.63, 3.8) is 0 Å². The molecule has 2 N–H and O–H groups in total. The summed E-state index contributed by atoms with van der Waals surface area (Å²) in [6.45, 7) is 7.00. The number of hydrogen-bond acceptors (Lipinski definition) is 5. The van der Waals surface area contributed by atoms with Crippen molar-refractivity contribution in [3.8, 4) is 0 Å². The second-order valence-corrected chi connectivity index (χ2v) is 8.59. The minimum Gasteiger partial charge on any atom is -0.344 e. The largest absolute Gasteiger partial charge is 0.344 e. The molecule has 0 saturated heterocycles. The van der Waals surface area contributed by atoms with E-state index in [0.29, 0.717) is 28.1 Å². The highest BCUT2D eigenvalue weighted by Gasteiger charge is 2.28. The number of halogens is 1. The molecule has 0 aliphatic rings. The number of Topliss-reactive ketones (excluding diaryl/α,β-unsaturated/α-hetero) is 1. The Labute approximate surface area is 183 Å². The van der Waals surface area contributed by atoms with Crippen LogP contribution in [0.4, 0.5) is 10.1 Å². The normalized spacial score (nSPS) is 10.8. The van der Waals surface area contributed by atoms with Crippen molar-refractivity contribution in [2.24, 2.45) is 7.05 Å². The first-order valence-electron chi connectivity index (χ1n) is 9.57. The first-order chi connectivity index (χ1) is 14.6. The van der Waals surface area contributed by atoms with Crippen LogP contribution in [0.25, 0.3) is 0 Å². The Hall–Kier alpha value is -3.33. The van der Waals surface area contributed by atoms with Crippen molar-refractivity contribution in [1.82, 2.24) is 14.9 Å². The molecule has 0 aliphatic carbocycles. The Morgan fingerprint density at radius 1 is 1.16 bits per heavy atom. The Kier molecular flexibility index (Phi) is 6.35. The van der Waals surface area contributed by atoms with Gasteiger partial charge in [-0.3, -0.25) is 14.4 Å². The maximum atomic E-state index is 13.5. The number of aryl methyl sites for hydroxylation is 2. The van der Waals surface area contributed by atoms with Gasteiger partial charge in [-0.25, -0.2) is 9.37 Å². The monoisotopic (exact) mass is 442 g/mol. The van der Waals surface area contributed by atoms with Crippen molar-refractivity contribution < 1.29 is 18.8 Å². The lowest BCUT2D eigenvalue weighted by Gasteiger charge is -2.07. The van der Waals surface area contributed by atoms with Crippen LogP contribution in [0.2, 0.25) is 0 Å².